The molecule has 2 atom stereocenters. The largest absolute Gasteiger partial charge is 0.342 e. The molecule has 2 aliphatic carbocycles. The molecule has 0 N–H and O–H groups in total. The van der Waals surface area contributed by atoms with Crippen LogP contribution < -0.4 is 0 Å². The second-order valence-electron chi connectivity index (χ2n) is 5.31. The van der Waals surface area contributed by atoms with E-state index in [0.29, 0.717) is 17.9 Å². The van der Waals surface area contributed by atoms with Gasteiger partial charge in [-0.15, -0.1) is 0 Å². The molecule has 0 aliphatic heterocycles. The third-order valence-electron chi connectivity index (χ3n) is 3.42. The molecule has 4 heteroatoms. The van der Waals surface area contributed by atoms with Crippen LogP contribution >= 0.6 is 0 Å². The predicted molar refractivity (Wildman–Crippen MR) is 81.6 cm³/mol. The van der Waals surface area contributed by atoms with Gasteiger partial charge in [0.15, 0.2) is 0 Å². The van der Waals surface area contributed by atoms with Crippen LogP contribution in [-0.4, -0.2) is 17.5 Å². The molecule has 4 nitrogen and oxygen atoms in total. The van der Waals surface area contributed by atoms with E-state index in [1.165, 1.54) is 0 Å². The van der Waals surface area contributed by atoms with Crippen LogP contribution in [0.3, 0.4) is 0 Å². The fourth-order valence-corrected chi connectivity index (χ4v) is 2.18. The van der Waals surface area contributed by atoms with Gasteiger partial charge in [-0.05, 0) is 25.7 Å². The Hall–Kier alpha value is -2.23. The van der Waals surface area contributed by atoms with Gasteiger partial charge in [-0.25, -0.2) is 4.79 Å². The number of ketones is 1. The molecule has 0 aromatic heterocycles. The minimum atomic E-state index is -0.440. The van der Waals surface area contributed by atoms with Crippen LogP contribution in [0.15, 0.2) is 53.3 Å². The van der Waals surface area contributed by atoms with Gasteiger partial charge in [-0.3, -0.25) is 4.79 Å². The first-order valence-electron chi connectivity index (χ1n) is 7.09. The van der Waals surface area contributed by atoms with E-state index in [0.717, 1.165) is 6.42 Å². The van der Waals surface area contributed by atoms with Gasteiger partial charge in [0.05, 0.1) is 5.92 Å². The SMILES string of the molecule is C/C(=N\OC(=O)C1C=CC=CC1)C(=O)C1=CC(C)CC=C1. The molecule has 0 aromatic carbocycles. The maximum Gasteiger partial charge on any atom is 0.342 e. The lowest BCUT2D eigenvalue weighted by atomic mass is 9.94. The molecule has 21 heavy (non-hydrogen) atoms. The van der Waals surface area contributed by atoms with E-state index in [1.54, 1.807) is 25.2 Å². The van der Waals surface area contributed by atoms with Crippen molar-refractivity contribution in [2.75, 3.05) is 0 Å². The van der Waals surface area contributed by atoms with Gasteiger partial charge in [0.2, 0.25) is 5.78 Å². The normalized spacial score (nSPS) is 24.7. The Morgan fingerprint density at radius 3 is 2.71 bits per heavy atom. The highest BCUT2D eigenvalue weighted by atomic mass is 16.7. The molecule has 2 aliphatic rings. The average molecular weight is 285 g/mol. The summed E-state index contributed by atoms with van der Waals surface area (Å²) in [4.78, 5) is 28.8. The highest BCUT2D eigenvalue weighted by Gasteiger charge is 2.19. The topological polar surface area (TPSA) is 55.7 Å². The zero-order chi connectivity index (χ0) is 15.2. The Bertz CT molecular complexity index is 579. The van der Waals surface area contributed by atoms with Crippen LogP contribution in [-0.2, 0) is 14.4 Å². The number of rotatable bonds is 4. The van der Waals surface area contributed by atoms with Crippen molar-refractivity contribution in [3.8, 4) is 0 Å². The van der Waals surface area contributed by atoms with Crippen LogP contribution in [0.5, 0.6) is 0 Å². The first kappa shape index (κ1) is 15.2. The number of allylic oxidation sites excluding steroid dienone is 7. The van der Waals surface area contributed by atoms with Crippen LogP contribution in [0.25, 0.3) is 0 Å². The molecule has 2 rings (SSSR count). The van der Waals surface area contributed by atoms with Gasteiger partial charge < -0.3 is 4.84 Å². The highest BCUT2D eigenvalue weighted by Crippen LogP contribution is 2.17. The number of hydrogen-bond donors (Lipinski definition) is 0. The highest BCUT2D eigenvalue weighted by molar-refractivity contribution is 6.45. The van der Waals surface area contributed by atoms with E-state index in [2.05, 4.69) is 5.16 Å². The molecule has 0 aromatic rings. The maximum atomic E-state index is 12.2. The molecular weight excluding hydrogens is 266 g/mol. The molecular formula is C17H19NO3. The van der Waals surface area contributed by atoms with E-state index >= 15 is 0 Å². The lowest BCUT2D eigenvalue weighted by molar-refractivity contribution is -0.146. The lowest BCUT2D eigenvalue weighted by Crippen LogP contribution is -2.18. The maximum absolute atomic E-state index is 12.2. The molecule has 0 saturated carbocycles. The Labute approximate surface area is 124 Å². The molecule has 0 spiro atoms. The smallest absolute Gasteiger partial charge is 0.317 e. The summed E-state index contributed by atoms with van der Waals surface area (Å²) in [5, 5.41) is 3.68. The predicted octanol–water partition coefficient (Wildman–Crippen LogP) is 3.13. The molecule has 0 fully saturated rings. The molecule has 0 bridgehead atoms. The fraction of sp³-hybridized carbons (Fsp3) is 0.353. The summed E-state index contributed by atoms with van der Waals surface area (Å²) in [5.41, 5.74) is 0.787. The number of nitrogens with zero attached hydrogens (tertiary/aromatic N) is 1. The molecule has 0 heterocycles. The Morgan fingerprint density at radius 2 is 2.05 bits per heavy atom. The van der Waals surface area contributed by atoms with Crippen molar-refractivity contribution >= 4 is 17.5 Å². The second kappa shape index (κ2) is 6.97. The van der Waals surface area contributed by atoms with Crippen molar-refractivity contribution in [3.63, 3.8) is 0 Å². The second-order valence-corrected chi connectivity index (χ2v) is 5.31. The third kappa shape index (κ3) is 4.12. The number of hydrogen-bond acceptors (Lipinski definition) is 4. The molecule has 0 saturated heterocycles. The summed E-state index contributed by atoms with van der Waals surface area (Å²) in [5.74, 6) is -0.632. The summed E-state index contributed by atoms with van der Waals surface area (Å²) in [6.45, 7) is 3.60. The fourth-order valence-electron chi connectivity index (χ4n) is 2.18. The van der Waals surface area contributed by atoms with Gasteiger partial charge in [0.25, 0.3) is 0 Å². The molecule has 0 amide bonds. The first-order valence-corrected chi connectivity index (χ1v) is 7.09. The van der Waals surface area contributed by atoms with E-state index in [9.17, 15) is 9.59 Å². The summed E-state index contributed by atoms with van der Waals surface area (Å²) in [7, 11) is 0. The Balaban J connectivity index is 1.96. The minimum Gasteiger partial charge on any atom is -0.317 e. The summed E-state index contributed by atoms with van der Waals surface area (Å²) in [6.07, 6.45) is 14.6. The quantitative estimate of drug-likeness (QED) is 0.453. The zero-order valence-corrected chi connectivity index (χ0v) is 12.3. The number of Topliss-reactive ketones (excluding diaryl/α,β-unsaturated/α-hetero) is 1. The zero-order valence-electron chi connectivity index (χ0n) is 12.3. The number of carbonyl (C=O) groups is 2. The average Bonchev–Trinajstić information content (AvgIpc) is 2.52. The van der Waals surface area contributed by atoms with Crippen molar-refractivity contribution in [1.29, 1.82) is 0 Å². The molecule has 0 radical (unpaired) electrons. The van der Waals surface area contributed by atoms with Gasteiger partial charge >= 0.3 is 5.97 Å². The Morgan fingerprint density at radius 1 is 1.24 bits per heavy atom. The van der Waals surface area contributed by atoms with Crippen molar-refractivity contribution in [1.82, 2.24) is 0 Å². The number of oxime groups is 1. The van der Waals surface area contributed by atoms with Crippen molar-refractivity contribution < 1.29 is 14.4 Å². The van der Waals surface area contributed by atoms with Crippen LogP contribution in [0.1, 0.15) is 26.7 Å². The van der Waals surface area contributed by atoms with Crippen molar-refractivity contribution in [2.45, 2.75) is 26.7 Å². The van der Waals surface area contributed by atoms with E-state index in [-0.39, 0.29) is 17.4 Å². The molecule has 110 valence electrons. The standard InChI is InChI=1S/C17H19NO3/c1-12-7-6-10-15(11-12)16(19)13(2)18-21-17(20)14-8-4-3-5-9-14/h3-6,8,10-12,14H,7,9H2,1-2H3/b18-13+. The van der Waals surface area contributed by atoms with E-state index in [1.807, 2.05) is 31.2 Å². The summed E-state index contributed by atoms with van der Waals surface area (Å²) < 4.78 is 0. The van der Waals surface area contributed by atoms with Gasteiger partial charge in [-0.2, -0.15) is 0 Å². The van der Waals surface area contributed by atoms with Gasteiger partial charge in [-0.1, -0.05) is 54.6 Å². The third-order valence-corrected chi connectivity index (χ3v) is 3.42. The van der Waals surface area contributed by atoms with Crippen molar-refractivity contribution in [3.05, 3.63) is 48.1 Å². The monoisotopic (exact) mass is 285 g/mol. The Kier molecular flexibility index (Phi) is 5.04. The summed E-state index contributed by atoms with van der Waals surface area (Å²) >= 11 is 0. The van der Waals surface area contributed by atoms with E-state index < -0.39 is 5.97 Å². The van der Waals surface area contributed by atoms with Crippen LogP contribution in [0, 0.1) is 11.8 Å². The first-order chi connectivity index (χ1) is 10.1. The van der Waals surface area contributed by atoms with Gasteiger partial charge in [0.1, 0.15) is 5.71 Å². The summed E-state index contributed by atoms with van der Waals surface area (Å²) in [6, 6.07) is 0. The van der Waals surface area contributed by atoms with Crippen LogP contribution in [0.2, 0.25) is 0 Å². The minimum absolute atomic E-state index is 0.184. The van der Waals surface area contributed by atoms with E-state index in [4.69, 9.17) is 4.84 Å². The van der Waals surface area contributed by atoms with Crippen molar-refractivity contribution in [2.24, 2.45) is 17.0 Å². The molecule has 2 unspecified atom stereocenters. The van der Waals surface area contributed by atoms with Gasteiger partial charge in [0, 0.05) is 5.57 Å². The lowest BCUT2D eigenvalue weighted by Gasteiger charge is -2.11. The van der Waals surface area contributed by atoms with Crippen LogP contribution in [0.4, 0.5) is 0 Å². The number of carbonyl (C=O) groups excluding carboxylic acids is 2.